The minimum atomic E-state index is -2.14. The van der Waals surface area contributed by atoms with Gasteiger partial charge < -0.3 is 34.2 Å². The molecule has 13 aromatic rings. The van der Waals surface area contributed by atoms with Gasteiger partial charge in [-0.3, -0.25) is 8.61 Å². The molecule has 492 valence electrons. The third-order valence-corrected chi connectivity index (χ3v) is 36.3. The summed E-state index contributed by atoms with van der Waals surface area (Å²) in [6, 6.07) is 96.3. The first-order valence-corrected chi connectivity index (χ1v) is 47.2. The minimum Gasteiger partial charge on any atom is -0.458 e. The Kier molecular flexibility index (Phi) is 12.5. The van der Waals surface area contributed by atoms with Gasteiger partial charge in [0.15, 0.2) is 0 Å². The van der Waals surface area contributed by atoms with Crippen LogP contribution in [0.5, 0.6) is 34.5 Å². The normalized spacial score (nSPS) is 16.2. The Hall–Kier alpha value is -10.4. The van der Waals surface area contributed by atoms with Gasteiger partial charge in [-0.05, 0) is 177 Å². The molecule has 1 N–H and O–H groups in total. The Balaban J connectivity index is 0.770. The molecule has 0 saturated carbocycles. The standard InChI is InChI=1S/C86H67B3N6O3S2Si3/c1-99-94-68-49-60-56(87-54-25-9-17-33-72(54)96-75-44-51(41-61(90-60)84(75)87)91-62-27-11-19-35-78(62)101(3,4)79-36-20-12-28-63(79)91)47-57(68)89-59-48-58-69(50-74(59)98-77-46-53(43-71(94)86(77)89)93-66-31-15-23-39-82(66)103(7,8)83-40-24-16-32-67(83)93)95(100-2)70-42-52(45-76-85(70)88(58)55-26-10-18-34-73(55)97-76)92-64-29-13-21-37-80(64)102(5,6)81-38-22-14-30-65(81)92/h9-50,90H,1-8H3. The third kappa shape index (κ3) is 8.09. The largest absolute Gasteiger partial charge is 0.458 e. The van der Waals surface area contributed by atoms with Crippen molar-refractivity contribution in [2.24, 2.45) is 0 Å². The molecule has 0 aromatic heterocycles. The first-order valence-electron chi connectivity index (χ1n) is 35.8. The number of hydrogen-bond donors (Lipinski definition) is 1. The molecule has 0 amide bonds. The van der Waals surface area contributed by atoms with Crippen molar-refractivity contribution in [1.29, 1.82) is 0 Å². The van der Waals surface area contributed by atoms with E-state index in [1.165, 1.54) is 87.1 Å². The van der Waals surface area contributed by atoms with Crippen LogP contribution in [0.15, 0.2) is 255 Å². The molecule has 9 aliphatic heterocycles. The van der Waals surface area contributed by atoms with Gasteiger partial charge in [-0.15, -0.1) is 0 Å². The van der Waals surface area contributed by atoms with Crippen LogP contribution in [-0.4, -0.2) is 56.9 Å². The average molecular weight is 1410 g/mol. The summed E-state index contributed by atoms with van der Waals surface area (Å²) in [7, 11) is -6.30. The second-order valence-electron chi connectivity index (χ2n) is 30.3. The minimum absolute atomic E-state index is 0.146. The maximum absolute atomic E-state index is 7.86. The molecule has 0 bridgehead atoms. The number of ether oxygens (including phenoxy) is 3. The molecule has 0 aliphatic carbocycles. The predicted octanol–water partition coefficient (Wildman–Crippen LogP) is 12.9. The molecule has 22 rings (SSSR count). The molecule has 0 radical (unpaired) electrons. The Morgan fingerprint density at radius 3 is 1.02 bits per heavy atom. The molecule has 9 nitrogen and oxygen atoms in total. The van der Waals surface area contributed by atoms with Crippen molar-refractivity contribution in [3.8, 4) is 34.5 Å². The molecule has 9 heterocycles. The van der Waals surface area contributed by atoms with Gasteiger partial charge in [-0.25, -0.2) is 0 Å². The van der Waals surface area contributed by atoms with E-state index in [2.05, 4.69) is 335 Å². The van der Waals surface area contributed by atoms with Crippen LogP contribution in [0.1, 0.15) is 0 Å². The summed E-state index contributed by atoms with van der Waals surface area (Å²) in [4.78, 5) is 7.50. The van der Waals surface area contributed by atoms with Crippen molar-refractivity contribution < 1.29 is 14.2 Å². The van der Waals surface area contributed by atoms with E-state index in [1.54, 1.807) is 23.9 Å². The smallest absolute Gasteiger partial charge is 0.256 e. The van der Waals surface area contributed by atoms with Gasteiger partial charge in [-0.1, -0.05) is 197 Å². The molecular weight excluding hydrogens is 1350 g/mol. The summed E-state index contributed by atoms with van der Waals surface area (Å²) < 4.78 is 27.4. The zero-order valence-corrected chi connectivity index (χ0v) is 62.9. The fourth-order valence-electron chi connectivity index (χ4n) is 19.5. The summed E-state index contributed by atoms with van der Waals surface area (Å²) in [5.41, 5.74) is 27.7. The molecule has 9 aliphatic rings. The molecule has 0 saturated heterocycles. The molecule has 13 aromatic carbocycles. The van der Waals surface area contributed by atoms with E-state index in [1.807, 2.05) is 0 Å². The van der Waals surface area contributed by atoms with Crippen LogP contribution >= 0.6 is 23.9 Å². The Morgan fingerprint density at radius 2 is 0.602 bits per heavy atom. The summed E-state index contributed by atoms with van der Waals surface area (Å²) in [6.07, 6.45) is 4.45. The monoisotopic (exact) mass is 1410 g/mol. The first kappa shape index (κ1) is 60.2. The Labute approximate surface area is 613 Å². The summed E-state index contributed by atoms with van der Waals surface area (Å²) in [5.74, 6) is 5.19. The highest BCUT2D eigenvalue weighted by molar-refractivity contribution is 8.00. The van der Waals surface area contributed by atoms with Crippen molar-refractivity contribution in [3.63, 3.8) is 0 Å². The van der Waals surface area contributed by atoms with Crippen LogP contribution in [0.3, 0.4) is 0 Å². The van der Waals surface area contributed by atoms with Gasteiger partial charge in [0.05, 0.1) is 34.1 Å². The van der Waals surface area contributed by atoms with Gasteiger partial charge in [0.25, 0.3) is 20.1 Å². The van der Waals surface area contributed by atoms with Gasteiger partial charge in [0, 0.05) is 88.0 Å². The number of rotatable bonds is 5. The third-order valence-electron chi connectivity index (χ3n) is 24.1. The fraction of sp³-hybridized carbons (Fsp3) is 0.0930. The van der Waals surface area contributed by atoms with Gasteiger partial charge >= 0.3 is 0 Å². The lowest BCUT2D eigenvalue weighted by atomic mass is 9.30. The number of hydrogen-bond acceptors (Lipinski definition) is 11. The maximum atomic E-state index is 7.86. The second kappa shape index (κ2) is 21.4. The lowest BCUT2D eigenvalue weighted by Gasteiger charge is -2.45. The highest BCUT2D eigenvalue weighted by atomic mass is 32.2. The number of nitrogens with one attached hydrogen (secondary N) is 1. The predicted molar refractivity (Wildman–Crippen MR) is 448 cm³/mol. The van der Waals surface area contributed by atoms with E-state index in [0.717, 1.165) is 113 Å². The van der Waals surface area contributed by atoms with Crippen molar-refractivity contribution >= 4 is 234 Å². The van der Waals surface area contributed by atoms with Crippen LogP contribution in [0.2, 0.25) is 39.3 Å². The molecule has 0 unspecified atom stereocenters. The summed E-state index contributed by atoms with van der Waals surface area (Å²) in [6.45, 7) is 14.4. The SMILES string of the molecule is CSN1c2cc3c(cc2B2c4cc5c(cc4Oc4cc(N6c7ccccc7[Si](C)(C)c7ccccc76)cc1c42)N(SC)c1cc(N2c4ccccc4[Si](C)(C)c4ccccc42)cc2c1B5c1ccccc1O2)B1c2ccccc2Oc2cc(N4c5ccccc5[Si](C)(C)c5ccccc54)cc(c21)N3. The van der Waals surface area contributed by atoms with Crippen LogP contribution in [0.25, 0.3) is 0 Å². The van der Waals surface area contributed by atoms with E-state index < -0.39 is 24.2 Å². The second-order valence-corrected chi connectivity index (χ2v) is 44.8. The molecule has 17 heteroatoms. The zero-order valence-electron chi connectivity index (χ0n) is 58.3. The highest BCUT2D eigenvalue weighted by Crippen LogP contribution is 2.52. The molecule has 103 heavy (non-hydrogen) atoms. The van der Waals surface area contributed by atoms with Crippen molar-refractivity contribution in [3.05, 3.63) is 255 Å². The lowest BCUT2D eigenvalue weighted by molar-refractivity contribution is 0.487. The number of fused-ring (bicyclic) bond motifs is 18. The van der Waals surface area contributed by atoms with Gasteiger partial charge in [0.2, 0.25) is 0 Å². The highest BCUT2D eigenvalue weighted by Gasteiger charge is 2.51. The summed E-state index contributed by atoms with van der Waals surface area (Å²) >= 11 is 3.49. The molecular formula is C86H67B3N6O3S2Si3. The number of benzene rings is 13. The van der Waals surface area contributed by atoms with Gasteiger partial charge in [0.1, 0.15) is 58.7 Å². The van der Waals surface area contributed by atoms with Crippen LogP contribution in [-0.2, 0) is 0 Å². The zero-order chi connectivity index (χ0) is 68.8. The fourth-order valence-corrected chi connectivity index (χ4v) is 29.9. The van der Waals surface area contributed by atoms with Gasteiger partial charge in [-0.2, -0.15) is 0 Å². The Bertz CT molecular complexity index is 5850. The van der Waals surface area contributed by atoms with Crippen LogP contribution in [0.4, 0.5) is 85.3 Å². The van der Waals surface area contributed by atoms with Crippen molar-refractivity contribution in [2.75, 3.05) is 41.1 Å². The van der Waals surface area contributed by atoms with Crippen LogP contribution < -0.4 is 123 Å². The number of nitrogens with zero attached hydrogens (tertiary/aromatic N) is 5. The van der Waals surface area contributed by atoms with Crippen LogP contribution in [0, 0.1) is 0 Å². The first-order chi connectivity index (χ1) is 50.3. The topological polar surface area (TPSA) is 55.9 Å². The van der Waals surface area contributed by atoms with Crippen molar-refractivity contribution in [1.82, 2.24) is 0 Å². The molecule has 0 fully saturated rings. The average Bonchev–Trinajstić information content (AvgIpc) is 0.699. The van der Waals surface area contributed by atoms with E-state index in [0.29, 0.717) is 0 Å². The van der Waals surface area contributed by atoms with E-state index >= 15 is 0 Å². The molecule has 0 spiro atoms. The van der Waals surface area contributed by atoms with E-state index in [4.69, 9.17) is 14.2 Å². The number of para-hydroxylation sites is 8. The summed E-state index contributed by atoms with van der Waals surface area (Å²) in [5, 5.41) is 12.7. The maximum Gasteiger partial charge on any atom is 0.256 e. The lowest BCUT2D eigenvalue weighted by Crippen LogP contribution is -2.64. The number of anilines is 15. The Morgan fingerprint density at radius 1 is 0.272 bits per heavy atom. The van der Waals surface area contributed by atoms with E-state index in [9.17, 15) is 0 Å². The quantitative estimate of drug-likeness (QED) is 0.132. The molecule has 0 atom stereocenters. The van der Waals surface area contributed by atoms with Crippen molar-refractivity contribution in [2.45, 2.75) is 39.3 Å². The van der Waals surface area contributed by atoms with E-state index in [-0.39, 0.29) is 20.1 Å².